The molecule has 0 radical (unpaired) electrons. The highest BCUT2D eigenvalue weighted by Gasteiger charge is 2.28. The van der Waals surface area contributed by atoms with Crippen molar-refractivity contribution in [1.82, 2.24) is 9.80 Å². The average Bonchev–Trinajstić information content (AvgIpc) is 3.13. The van der Waals surface area contributed by atoms with Crippen molar-refractivity contribution in [3.63, 3.8) is 0 Å². The minimum Gasteiger partial charge on any atom is -0.462 e. The van der Waals surface area contributed by atoms with E-state index in [2.05, 4.69) is 10.2 Å². The van der Waals surface area contributed by atoms with Gasteiger partial charge in [-0.2, -0.15) is 0 Å². The number of rotatable bonds is 7. The summed E-state index contributed by atoms with van der Waals surface area (Å²) in [6.07, 6.45) is 0. The Morgan fingerprint density at radius 2 is 1.65 bits per heavy atom. The van der Waals surface area contributed by atoms with E-state index in [4.69, 9.17) is 44.9 Å². The average molecular weight is 545 g/mol. The zero-order valence-corrected chi connectivity index (χ0v) is 22.4. The Kier molecular flexibility index (Phi) is 9.56. The molecule has 1 N–H and O–H groups in total. The van der Waals surface area contributed by atoms with Crippen molar-refractivity contribution in [2.24, 2.45) is 0 Å². The van der Waals surface area contributed by atoms with Crippen molar-refractivity contribution in [3.05, 3.63) is 49.8 Å². The summed E-state index contributed by atoms with van der Waals surface area (Å²) in [6, 6.07) is 5.51. The van der Waals surface area contributed by atoms with Gasteiger partial charge in [-0.05, 0) is 50.7 Å². The fourth-order valence-corrected chi connectivity index (χ4v) is 5.59. The summed E-state index contributed by atoms with van der Waals surface area (Å²) < 4.78 is 10.3. The second-order valence-electron chi connectivity index (χ2n) is 7.59. The van der Waals surface area contributed by atoms with E-state index in [1.165, 1.54) is 0 Å². The summed E-state index contributed by atoms with van der Waals surface area (Å²) >= 11 is 19.4. The minimum absolute atomic E-state index is 0.226. The van der Waals surface area contributed by atoms with Gasteiger partial charge in [-0.1, -0.05) is 29.3 Å². The van der Waals surface area contributed by atoms with Gasteiger partial charge in [0.15, 0.2) is 5.11 Å². The largest absolute Gasteiger partial charge is 0.462 e. The summed E-state index contributed by atoms with van der Waals surface area (Å²) in [4.78, 5) is 29.7. The van der Waals surface area contributed by atoms with Crippen molar-refractivity contribution >= 4 is 68.8 Å². The first-order valence-electron chi connectivity index (χ1n) is 11.0. The molecule has 2 aromatic rings. The standard InChI is InChI=1S/C23H27Cl2N3O4S2/c1-4-31-21(29)18-14(3)19(22(30)32-5-2)34-20(18)26-23(33)28-11-9-27(10-12-28)13-15-16(24)7-6-8-17(15)25/h6-8H,4-5,9-13H2,1-3H3,(H,26,33). The second kappa shape index (κ2) is 12.2. The van der Waals surface area contributed by atoms with Gasteiger partial charge in [-0.25, -0.2) is 9.59 Å². The van der Waals surface area contributed by atoms with Crippen LogP contribution < -0.4 is 5.32 Å². The van der Waals surface area contributed by atoms with Gasteiger partial charge in [0.2, 0.25) is 0 Å². The topological polar surface area (TPSA) is 71.1 Å². The molecule has 7 nitrogen and oxygen atoms in total. The molecule has 1 aliphatic heterocycles. The second-order valence-corrected chi connectivity index (χ2v) is 9.82. The van der Waals surface area contributed by atoms with Crippen molar-refractivity contribution < 1.29 is 19.1 Å². The fourth-order valence-electron chi connectivity index (χ4n) is 3.63. The van der Waals surface area contributed by atoms with E-state index in [0.29, 0.717) is 55.8 Å². The number of nitrogens with zero attached hydrogens (tertiary/aromatic N) is 2. The quantitative estimate of drug-likeness (QED) is 0.376. The monoisotopic (exact) mass is 543 g/mol. The number of nitrogens with one attached hydrogen (secondary N) is 1. The number of piperazine rings is 1. The fraction of sp³-hybridized carbons (Fsp3) is 0.435. The Morgan fingerprint density at radius 3 is 2.24 bits per heavy atom. The lowest BCUT2D eigenvalue weighted by atomic mass is 10.1. The third-order valence-electron chi connectivity index (χ3n) is 5.41. The molecule has 11 heteroatoms. The van der Waals surface area contributed by atoms with Crippen LogP contribution in [0.4, 0.5) is 5.00 Å². The van der Waals surface area contributed by atoms with Crippen LogP contribution >= 0.6 is 46.8 Å². The van der Waals surface area contributed by atoms with Gasteiger partial charge in [-0.15, -0.1) is 11.3 Å². The third-order valence-corrected chi connectivity index (χ3v) is 7.67. The number of carbonyl (C=O) groups excluding carboxylic acids is 2. The van der Waals surface area contributed by atoms with Gasteiger partial charge in [-0.3, -0.25) is 4.90 Å². The minimum atomic E-state index is -0.501. The van der Waals surface area contributed by atoms with Crippen LogP contribution in [0.2, 0.25) is 10.0 Å². The van der Waals surface area contributed by atoms with Crippen molar-refractivity contribution in [2.75, 3.05) is 44.7 Å². The SMILES string of the molecule is CCOC(=O)c1sc(NC(=S)N2CCN(Cc3c(Cl)cccc3Cl)CC2)c(C(=O)OCC)c1C. The summed E-state index contributed by atoms with van der Waals surface area (Å²) in [5.41, 5.74) is 1.75. The molecule has 0 unspecified atom stereocenters. The van der Waals surface area contributed by atoms with Crippen LogP contribution in [0.25, 0.3) is 0 Å². The van der Waals surface area contributed by atoms with E-state index in [-0.39, 0.29) is 13.2 Å². The van der Waals surface area contributed by atoms with E-state index < -0.39 is 11.9 Å². The maximum Gasteiger partial charge on any atom is 0.348 e. The molecule has 1 saturated heterocycles. The van der Waals surface area contributed by atoms with Gasteiger partial charge in [0.25, 0.3) is 0 Å². The van der Waals surface area contributed by atoms with Gasteiger partial charge in [0.05, 0.1) is 18.8 Å². The highest BCUT2D eigenvalue weighted by Crippen LogP contribution is 2.35. The number of benzene rings is 1. The molecule has 2 heterocycles. The van der Waals surface area contributed by atoms with Crippen LogP contribution in [-0.2, 0) is 16.0 Å². The molecule has 1 aliphatic rings. The smallest absolute Gasteiger partial charge is 0.348 e. The van der Waals surface area contributed by atoms with Crippen molar-refractivity contribution in [3.8, 4) is 0 Å². The van der Waals surface area contributed by atoms with Crippen LogP contribution in [0.3, 0.4) is 0 Å². The Morgan fingerprint density at radius 1 is 1.06 bits per heavy atom. The molecule has 0 saturated carbocycles. The summed E-state index contributed by atoms with van der Waals surface area (Å²) in [5, 5.41) is 5.44. The molecular formula is C23H27Cl2N3O4S2. The predicted molar refractivity (Wildman–Crippen MR) is 141 cm³/mol. The van der Waals surface area contributed by atoms with E-state index in [0.717, 1.165) is 30.0 Å². The molecule has 3 rings (SSSR count). The van der Waals surface area contributed by atoms with E-state index >= 15 is 0 Å². The number of hydrogen-bond donors (Lipinski definition) is 1. The number of halogens is 2. The molecular weight excluding hydrogens is 517 g/mol. The van der Waals surface area contributed by atoms with Crippen LogP contribution in [0.15, 0.2) is 18.2 Å². The number of ether oxygens (including phenoxy) is 2. The maximum atomic E-state index is 12.6. The van der Waals surface area contributed by atoms with Crippen LogP contribution in [0.5, 0.6) is 0 Å². The van der Waals surface area contributed by atoms with Crippen LogP contribution in [-0.4, -0.2) is 66.2 Å². The number of anilines is 1. The zero-order valence-electron chi connectivity index (χ0n) is 19.3. The molecule has 1 aromatic heterocycles. The Hall–Kier alpha value is -1.91. The van der Waals surface area contributed by atoms with Gasteiger partial charge in [0, 0.05) is 48.3 Å². The number of esters is 2. The first kappa shape index (κ1) is 26.7. The van der Waals surface area contributed by atoms with E-state index in [9.17, 15) is 9.59 Å². The molecule has 184 valence electrons. The molecule has 1 aromatic carbocycles. The van der Waals surface area contributed by atoms with Crippen LogP contribution in [0, 0.1) is 6.92 Å². The number of thiophene rings is 1. The Labute approximate surface area is 218 Å². The van der Waals surface area contributed by atoms with Crippen molar-refractivity contribution in [1.29, 1.82) is 0 Å². The normalized spacial score (nSPS) is 14.1. The Bertz CT molecular complexity index is 1050. The molecule has 1 fully saturated rings. The summed E-state index contributed by atoms with van der Waals surface area (Å²) in [5.74, 6) is -0.972. The first-order valence-corrected chi connectivity index (χ1v) is 12.9. The van der Waals surface area contributed by atoms with Gasteiger partial charge >= 0.3 is 11.9 Å². The lowest BCUT2D eigenvalue weighted by molar-refractivity contribution is 0.0527. The Balaban J connectivity index is 1.69. The third kappa shape index (κ3) is 6.20. The van der Waals surface area contributed by atoms with Gasteiger partial charge < -0.3 is 19.7 Å². The van der Waals surface area contributed by atoms with E-state index in [1.54, 1.807) is 20.8 Å². The highest BCUT2D eigenvalue weighted by atomic mass is 35.5. The maximum absolute atomic E-state index is 12.6. The van der Waals surface area contributed by atoms with E-state index in [1.807, 2.05) is 23.1 Å². The number of thiocarbonyl (C=S) groups is 1. The molecule has 34 heavy (non-hydrogen) atoms. The molecule has 0 spiro atoms. The molecule has 0 atom stereocenters. The molecule has 0 bridgehead atoms. The lowest BCUT2D eigenvalue weighted by Crippen LogP contribution is -2.49. The van der Waals surface area contributed by atoms with Gasteiger partial charge in [0.1, 0.15) is 9.88 Å². The molecule has 0 amide bonds. The number of carbonyl (C=O) groups is 2. The summed E-state index contributed by atoms with van der Waals surface area (Å²) in [7, 11) is 0. The predicted octanol–water partition coefficient (Wildman–Crippen LogP) is 5.23. The number of hydrogen-bond acceptors (Lipinski definition) is 7. The lowest BCUT2D eigenvalue weighted by Gasteiger charge is -2.36. The summed E-state index contributed by atoms with van der Waals surface area (Å²) in [6.45, 7) is 9.24. The van der Waals surface area contributed by atoms with Crippen LogP contribution in [0.1, 0.15) is 45.0 Å². The highest BCUT2D eigenvalue weighted by molar-refractivity contribution is 7.80. The van der Waals surface area contributed by atoms with Crippen molar-refractivity contribution in [2.45, 2.75) is 27.3 Å². The first-order chi connectivity index (χ1) is 16.3. The molecule has 0 aliphatic carbocycles. The zero-order chi connectivity index (χ0) is 24.8.